The van der Waals surface area contributed by atoms with Gasteiger partial charge in [0, 0.05) is 48.0 Å². The monoisotopic (exact) mass is 515 g/mol. The average molecular weight is 517 g/mol. The third-order valence-corrected chi connectivity index (χ3v) is 8.98. The maximum atomic E-state index is 11.7. The van der Waals surface area contributed by atoms with Gasteiger partial charge >= 0.3 is 0 Å². The van der Waals surface area contributed by atoms with Crippen LogP contribution in [0.4, 0.5) is 11.4 Å². The second-order valence-corrected chi connectivity index (χ2v) is 12.2. The number of nitrogens with zero attached hydrogens (tertiary/aromatic N) is 2. The molecule has 0 amide bonds. The summed E-state index contributed by atoms with van der Waals surface area (Å²) in [5, 5.41) is 5.38. The first-order valence-electron chi connectivity index (χ1n) is 10.9. The zero-order chi connectivity index (χ0) is 22.9. The smallest absolute Gasteiger partial charge is 0.152 e. The van der Waals surface area contributed by atoms with Crippen molar-refractivity contribution >= 4 is 56.0 Å². The molecule has 0 radical (unpaired) electrons. The van der Waals surface area contributed by atoms with Crippen LogP contribution in [0.2, 0.25) is 15.1 Å². The van der Waals surface area contributed by atoms with Crippen molar-refractivity contribution in [3.05, 3.63) is 57.0 Å². The Morgan fingerprint density at radius 2 is 1.62 bits per heavy atom. The summed E-state index contributed by atoms with van der Waals surface area (Å²) in [5.74, 6) is 0.574. The summed E-state index contributed by atoms with van der Waals surface area (Å²) in [4.78, 5) is 4.73. The minimum atomic E-state index is -2.84. The highest BCUT2D eigenvalue weighted by molar-refractivity contribution is 7.91. The van der Waals surface area contributed by atoms with Gasteiger partial charge in [-0.1, -0.05) is 40.9 Å². The van der Waals surface area contributed by atoms with Gasteiger partial charge in [0.2, 0.25) is 0 Å². The summed E-state index contributed by atoms with van der Waals surface area (Å²) in [6.45, 7) is 5.24. The van der Waals surface area contributed by atoms with E-state index in [0.717, 1.165) is 42.9 Å². The lowest BCUT2D eigenvalue weighted by Gasteiger charge is -2.41. The van der Waals surface area contributed by atoms with Crippen molar-refractivity contribution in [2.24, 2.45) is 0 Å². The Labute approximate surface area is 205 Å². The van der Waals surface area contributed by atoms with Gasteiger partial charge in [0.15, 0.2) is 9.84 Å². The van der Waals surface area contributed by atoms with E-state index in [1.165, 1.54) is 0 Å². The second-order valence-electron chi connectivity index (χ2n) is 8.60. The van der Waals surface area contributed by atoms with Crippen LogP contribution in [0.3, 0.4) is 0 Å². The van der Waals surface area contributed by atoms with Crippen LogP contribution in [0.5, 0.6) is 0 Å². The molecule has 0 aromatic heterocycles. The Hall–Kier alpha value is -1.18. The van der Waals surface area contributed by atoms with Gasteiger partial charge in [-0.05, 0) is 55.7 Å². The lowest BCUT2D eigenvalue weighted by Crippen LogP contribution is -2.50. The first-order chi connectivity index (χ1) is 15.2. The fraction of sp³-hybridized carbons (Fsp3) is 0.478. The minimum Gasteiger partial charge on any atom is -0.377 e. The number of benzene rings is 2. The number of hydrogen-bond donors (Lipinski definition) is 1. The first-order valence-corrected chi connectivity index (χ1v) is 13.9. The molecule has 0 saturated carbocycles. The van der Waals surface area contributed by atoms with E-state index < -0.39 is 9.84 Å². The standard InChI is InChI=1S/C23H28Cl3N3O2S/c1-16(20-4-2-17(24)14-22(20)26)27-23-15-19(3-5-21(23)25)28-8-6-18(7-9-28)29-10-12-32(30,31)13-11-29/h2-5,14-16,18,27H,6-13H2,1H3/t16-/m1/s1. The molecule has 174 valence electrons. The largest absolute Gasteiger partial charge is 0.377 e. The zero-order valence-corrected chi connectivity index (χ0v) is 21.1. The Kier molecular flexibility index (Phi) is 7.47. The molecule has 2 aliphatic heterocycles. The van der Waals surface area contributed by atoms with Crippen LogP contribution >= 0.6 is 34.8 Å². The molecular formula is C23H28Cl3N3O2S. The lowest BCUT2D eigenvalue weighted by molar-refractivity contribution is 0.182. The van der Waals surface area contributed by atoms with E-state index in [4.69, 9.17) is 34.8 Å². The maximum absolute atomic E-state index is 11.7. The number of halogens is 3. The van der Waals surface area contributed by atoms with E-state index in [1.807, 2.05) is 25.1 Å². The molecule has 0 aliphatic carbocycles. The molecule has 2 saturated heterocycles. The SMILES string of the molecule is C[C@@H](Nc1cc(N2CCC(N3CCS(=O)(=O)CC3)CC2)ccc1Cl)c1ccc(Cl)cc1Cl. The molecule has 9 heteroatoms. The third kappa shape index (κ3) is 5.65. The molecule has 2 fully saturated rings. The number of rotatable bonds is 5. The van der Waals surface area contributed by atoms with Crippen LogP contribution in [0.1, 0.15) is 31.4 Å². The van der Waals surface area contributed by atoms with Gasteiger partial charge in [0.05, 0.1) is 28.3 Å². The van der Waals surface area contributed by atoms with Gasteiger partial charge in [0.25, 0.3) is 0 Å². The molecule has 32 heavy (non-hydrogen) atoms. The molecule has 1 N–H and O–H groups in total. The molecular weight excluding hydrogens is 489 g/mol. The predicted octanol–water partition coefficient (Wildman–Crippen LogP) is 5.52. The van der Waals surface area contributed by atoms with E-state index >= 15 is 0 Å². The van der Waals surface area contributed by atoms with Gasteiger partial charge in [-0.2, -0.15) is 0 Å². The van der Waals surface area contributed by atoms with Crippen molar-refractivity contribution in [3.63, 3.8) is 0 Å². The fourth-order valence-corrected chi connectivity index (χ4v) is 6.54. The van der Waals surface area contributed by atoms with Crippen LogP contribution in [-0.4, -0.2) is 57.0 Å². The Morgan fingerprint density at radius 3 is 2.28 bits per heavy atom. The fourth-order valence-electron chi connectivity index (χ4n) is 4.57. The summed E-state index contributed by atoms with van der Waals surface area (Å²) in [6, 6.07) is 12.0. The Morgan fingerprint density at radius 1 is 0.938 bits per heavy atom. The van der Waals surface area contributed by atoms with E-state index in [2.05, 4.69) is 27.2 Å². The first kappa shape index (κ1) is 24.0. The van der Waals surface area contributed by atoms with Crippen LogP contribution in [0.25, 0.3) is 0 Å². The molecule has 4 rings (SSSR count). The molecule has 0 bridgehead atoms. The summed E-state index contributed by atoms with van der Waals surface area (Å²) in [6.07, 6.45) is 2.06. The van der Waals surface area contributed by atoms with Crippen molar-refractivity contribution in [2.45, 2.75) is 31.8 Å². The summed E-state index contributed by atoms with van der Waals surface area (Å²) in [7, 11) is -2.84. The molecule has 2 aromatic carbocycles. The second kappa shape index (κ2) is 9.98. The third-order valence-electron chi connectivity index (χ3n) is 6.48. The molecule has 2 heterocycles. The van der Waals surface area contributed by atoms with Crippen molar-refractivity contribution in [3.8, 4) is 0 Å². The minimum absolute atomic E-state index is 0.0337. The van der Waals surface area contributed by atoms with Crippen LogP contribution in [-0.2, 0) is 9.84 Å². The molecule has 0 spiro atoms. The summed E-state index contributed by atoms with van der Waals surface area (Å²) >= 11 is 18.9. The average Bonchev–Trinajstić information content (AvgIpc) is 2.75. The normalized spacial score (nSPS) is 20.8. The number of hydrogen-bond acceptors (Lipinski definition) is 5. The number of piperidine rings is 1. The predicted molar refractivity (Wildman–Crippen MR) is 135 cm³/mol. The van der Waals surface area contributed by atoms with Crippen molar-refractivity contribution in [1.29, 1.82) is 0 Å². The topological polar surface area (TPSA) is 52.6 Å². The molecule has 0 unspecified atom stereocenters. The van der Waals surface area contributed by atoms with Crippen molar-refractivity contribution in [1.82, 2.24) is 4.90 Å². The number of sulfone groups is 1. The van der Waals surface area contributed by atoms with E-state index in [0.29, 0.717) is 34.2 Å². The van der Waals surface area contributed by atoms with Crippen LogP contribution in [0, 0.1) is 0 Å². The number of nitrogens with one attached hydrogen (secondary N) is 1. The number of anilines is 2. The molecule has 2 aliphatic rings. The summed E-state index contributed by atoms with van der Waals surface area (Å²) in [5.41, 5.74) is 2.96. The lowest BCUT2D eigenvalue weighted by atomic mass is 10.0. The molecule has 2 aromatic rings. The highest BCUT2D eigenvalue weighted by atomic mass is 35.5. The van der Waals surface area contributed by atoms with E-state index in [1.54, 1.807) is 6.07 Å². The van der Waals surface area contributed by atoms with Crippen molar-refractivity contribution in [2.75, 3.05) is 47.9 Å². The zero-order valence-electron chi connectivity index (χ0n) is 18.0. The molecule has 5 nitrogen and oxygen atoms in total. The quantitative estimate of drug-likeness (QED) is 0.567. The van der Waals surface area contributed by atoms with E-state index in [-0.39, 0.29) is 17.5 Å². The Balaban J connectivity index is 1.40. The summed E-state index contributed by atoms with van der Waals surface area (Å²) < 4.78 is 23.4. The Bertz CT molecular complexity index is 1060. The molecule has 1 atom stereocenters. The van der Waals surface area contributed by atoms with Crippen LogP contribution < -0.4 is 10.2 Å². The van der Waals surface area contributed by atoms with Gasteiger partial charge in [-0.3, -0.25) is 4.90 Å². The van der Waals surface area contributed by atoms with Crippen LogP contribution in [0.15, 0.2) is 36.4 Å². The maximum Gasteiger partial charge on any atom is 0.152 e. The highest BCUT2D eigenvalue weighted by Crippen LogP contribution is 2.34. The van der Waals surface area contributed by atoms with Crippen molar-refractivity contribution < 1.29 is 8.42 Å². The highest BCUT2D eigenvalue weighted by Gasteiger charge is 2.29. The van der Waals surface area contributed by atoms with Gasteiger partial charge in [0.1, 0.15) is 0 Å². The van der Waals surface area contributed by atoms with Gasteiger partial charge < -0.3 is 10.2 Å². The van der Waals surface area contributed by atoms with Gasteiger partial charge in [-0.15, -0.1) is 0 Å². The van der Waals surface area contributed by atoms with Gasteiger partial charge in [-0.25, -0.2) is 8.42 Å². The van der Waals surface area contributed by atoms with E-state index in [9.17, 15) is 8.42 Å².